The second kappa shape index (κ2) is 6.46. The Kier molecular flexibility index (Phi) is 4.89. The van der Waals surface area contributed by atoms with E-state index in [0.717, 1.165) is 11.8 Å². The number of hydrogen-bond donors (Lipinski definition) is 3. The van der Waals surface area contributed by atoms with E-state index in [1.54, 1.807) is 0 Å². The quantitative estimate of drug-likeness (QED) is 0.700. The number of carboxylic acid groups (broad SMARTS) is 1. The van der Waals surface area contributed by atoms with Crippen molar-refractivity contribution < 1.29 is 14.7 Å². The maximum Gasteiger partial charge on any atom is 0.315 e. The molecule has 5 atom stereocenters. The number of urea groups is 1. The van der Waals surface area contributed by atoms with Crippen LogP contribution in [0.15, 0.2) is 0 Å². The minimum atomic E-state index is -0.877. The lowest BCUT2D eigenvalue weighted by molar-refractivity contribution is -0.137. The van der Waals surface area contributed by atoms with Crippen LogP contribution in [0.2, 0.25) is 0 Å². The zero-order valence-electron chi connectivity index (χ0n) is 12.4. The molecule has 0 saturated heterocycles. The van der Waals surface area contributed by atoms with Gasteiger partial charge in [-0.05, 0) is 50.4 Å². The van der Waals surface area contributed by atoms with Gasteiger partial charge in [0.15, 0.2) is 0 Å². The summed E-state index contributed by atoms with van der Waals surface area (Å²) in [6.45, 7) is 3.95. The molecule has 2 rings (SSSR count). The van der Waals surface area contributed by atoms with Crippen LogP contribution in [0, 0.1) is 17.8 Å². The van der Waals surface area contributed by atoms with Gasteiger partial charge in [0, 0.05) is 12.1 Å². The van der Waals surface area contributed by atoms with Crippen molar-refractivity contribution in [2.24, 2.45) is 17.8 Å². The topological polar surface area (TPSA) is 78.4 Å². The van der Waals surface area contributed by atoms with Crippen LogP contribution in [0.1, 0.15) is 52.4 Å². The highest BCUT2D eigenvalue weighted by Gasteiger charge is 2.42. The summed E-state index contributed by atoms with van der Waals surface area (Å²) in [6.07, 6.45) is 5.83. The predicted molar refractivity (Wildman–Crippen MR) is 76.4 cm³/mol. The Hall–Kier alpha value is -1.26. The highest BCUT2D eigenvalue weighted by molar-refractivity contribution is 5.76. The fraction of sp³-hybridized carbons (Fsp3) is 0.867. The number of carboxylic acids is 1. The SMILES string of the molecule is CCC(CC(=O)O)NC(=O)NC(C)C1CC2CCC1C2. The summed E-state index contributed by atoms with van der Waals surface area (Å²) in [4.78, 5) is 22.6. The summed E-state index contributed by atoms with van der Waals surface area (Å²) < 4.78 is 0. The van der Waals surface area contributed by atoms with Crippen molar-refractivity contribution in [3.8, 4) is 0 Å². The lowest BCUT2D eigenvalue weighted by Crippen LogP contribution is -2.48. The van der Waals surface area contributed by atoms with Gasteiger partial charge in [0.05, 0.1) is 6.42 Å². The molecule has 3 N–H and O–H groups in total. The number of carbonyl (C=O) groups is 2. The van der Waals surface area contributed by atoms with Crippen molar-refractivity contribution in [2.45, 2.75) is 64.5 Å². The van der Waals surface area contributed by atoms with E-state index in [-0.39, 0.29) is 24.5 Å². The van der Waals surface area contributed by atoms with Crippen LogP contribution < -0.4 is 10.6 Å². The summed E-state index contributed by atoms with van der Waals surface area (Å²) in [7, 11) is 0. The zero-order valence-corrected chi connectivity index (χ0v) is 12.4. The van der Waals surface area contributed by atoms with E-state index in [9.17, 15) is 9.59 Å². The van der Waals surface area contributed by atoms with Crippen LogP contribution in [0.5, 0.6) is 0 Å². The molecule has 0 radical (unpaired) electrons. The molecule has 5 nitrogen and oxygen atoms in total. The third-order valence-electron chi connectivity index (χ3n) is 5.04. The highest BCUT2D eigenvalue weighted by atomic mass is 16.4. The first kappa shape index (κ1) is 15.1. The van der Waals surface area contributed by atoms with Crippen molar-refractivity contribution in [2.75, 3.05) is 0 Å². The number of amides is 2. The van der Waals surface area contributed by atoms with Crippen LogP contribution in [0.3, 0.4) is 0 Å². The first-order valence-electron chi connectivity index (χ1n) is 7.78. The molecule has 5 unspecified atom stereocenters. The third kappa shape index (κ3) is 3.64. The summed E-state index contributed by atoms with van der Waals surface area (Å²) >= 11 is 0. The van der Waals surface area contributed by atoms with E-state index in [1.807, 2.05) is 6.92 Å². The van der Waals surface area contributed by atoms with Crippen molar-refractivity contribution in [3.63, 3.8) is 0 Å². The van der Waals surface area contributed by atoms with Crippen molar-refractivity contribution >= 4 is 12.0 Å². The number of carbonyl (C=O) groups excluding carboxylic acids is 1. The van der Waals surface area contributed by atoms with Gasteiger partial charge in [0.2, 0.25) is 0 Å². The zero-order chi connectivity index (χ0) is 14.7. The van der Waals surface area contributed by atoms with Crippen LogP contribution >= 0.6 is 0 Å². The van der Waals surface area contributed by atoms with Crippen LogP contribution in [-0.2, 0) is 4.79 Å². The largest absolute Gasteiger partial charge is 0.481 e. The van der Waals surface area contributed by atoms with Gasteiger partial charge in [-0.15, -0.1) is 0 Å². The molecular weight excluding hydrogens is 256 g/mol. The van der Waals surface area contributed by atoms with E-state index in [1.165, 1.54) is 25.7 Å². The van der Waals surface area contributed by atoms with Gasteiger partial charge in [-0.3, -0.25) is 4.79 Å². The maximum atomic E-state index is 12.0. The Morgan fingerprint density at radius 1 is 1.25 bits per heavy atom. The number of hydrogen-bond acceptors (Lipinski definition) is 2. The molecule has 0 aromatic rings. The van der Waals surface area contributed by atoms with Crippen molar-refractivity contribution in [1.29, 1.82) is 0 Å². The monoisotopic (exact) mass is 282 g/mol. The molecule has 2 aliphatic rings. The van der Waals surface area contributed by atoms with E-state index < -0.39 is 5.97 Å². The molecule has 2 amide bonds. The molecule has 0 aliphatic heterocycles. The molecule has 5 heteroatoms. The first-order chi connectivity index (χ1) is 9.49. The first-order valence-corrected chi connectivity index (χ1v) is 7.78. The number of fused-ring (bicyclic) bond motifs is 2. The van der Waals surface area contributed by atoms with E-state index in [2.05, 4.69) is 17.6 Å². The highest BCUT2D eigenvalue weighted by Crippen LogP contribution is 2.49. The summed E-state index contributed by atoms with van der Waals surface area (Å²) in [5.74, 6) is 1.36. The Morgan fingerprint density at radius 3 is 2.50 bits per heavy atom. The van der Waals surface area contributed by atoms with Crippen LogP contribution in [-0.4, -0.2) is 29.2 Å². The molecule has 2 aliphatic carbocycles. The fourth-order valence-corrected chi connectivity index (χ4v) is 3.96. The second-order valence-corrected chi connectivity index (χ2v) is 6.45. The van der Waals surface area contributed by atoms with Gasteiger partial charge in [-0.1, -0.05) is 13.3 Å². The lowest BCUT2D eigenvalue weighted by Gasteiger charge is -2.29. The molecule has 0 aromatic carbocycles. The normalized spacial score (nSPS) is 30.8. The molecule has 2 bridgehead atoms. The van der Waals surface area contributed by atoms with Crippen LogP contribution in [0.4, 0.5) is 4.79 Å². The lowest BCUT2D eigenvalue weighted by atomic mass is 9.84. The average Bonchev–Trinajstić information content (AvgIpc) is 2.99. The number of nitrogens with one attached hydrogen (secondary N) is 2. The van der Waals surface area contributed by atoms with Crippen molar-refractivity contribution in [1.82, 2.24) is 10.6 Å². The second-order valence-electron chi connectivity index (χ2n) is 6.45. The minimum Gasteiger partial charge on any atom is -0.481 e. The van der Waals surface area contributed by atoms with Gasteiger partial charge in [0.25, 0.3) is 0 Å². The van der Waals surface area contributed by atoms with Gasteiger partial charge in [0.1, 0.15) is 0 Å². The number of rotatable bonds is 6. The van der Waals surface area contributed by atoms with E-state index in [0.29, 0.717) is 12.3 Å². The molecule has 114 valence electrons. The molecule has 0 aromatic heterocycles. The molecule has 20 heavy (non-hydrogen) atoms. The predicted octanol–water partition coefficient (Wildman–Crippen LogP) is 2.36. The maximum absolute atomic E-state index is 12.0. The average molecular weight is 282 g/mol. The minimum absolute atomic E-state index is 0.0214. The third-order valence-corrected chi connectivity index (χ3v) is 5.04. The van der Waals surface area contributed by atoms with E-state index >= 15 is 0 Å². The van der Waals surface area contributed by atoms with Gasteiger partial charge in [-0.2, -0.15) is 0 Å². The Labute approximate surface area is 120 Å². The van der Waals surface area contributed by atoms with Crippen molar-refractivity contribution in [3.05, 3.63) is 0 Å². The summed E-state index contributed by atoms with van der Waals surface area (Å²) in [5, 5.41) is 14.5. The number of aliphatic carboxylic acids is 1. The standard InChI is InChI=1S/C15H26N2O3/c1-3-12(8-14(18)19)17-15(20)16-9(2)13-7-10-4-5-11(13)6-10/h9-13H,3-8H2,1-2H3,(H,18,19)(H2,16,17,20). The summed E-state index contributed by atoms with van der Waals surface area (Å²) in [5.41, 5.74) is 0. The molecule has 0 heterocycles. The van der Waals surface area contributed by atoms with Gasteiger partial charge < -0.3 is 15.7 Å². The summed E-state index contributed by atoms with van der Waals surface area (Å²) in [6, 6.07) is -0.347. The molecular formula is C15H26N2O3. The van der Waals surface area contributed by atoms with Gasteiger partial charge >= 0.3 is 12.0 Å². The van der Waals surface area contributed by atoms with Gasteiger partial charge in [-0.25, -0.2) is 4.79 Å². The Balaban J connectivity index is 1.77. The van der Waals surface area contributed by atoms with E-state index in [4.69, 9.17) is 5.11 Å². The Bertz CT molecular complexity index is 372. The molecule has 2 fully saturated rings. The smallest absolute Gasteiger partial charge is 0.315 e. The Morgan fingerprint density at radius 2 is 2.00 bits per heavy atom. The fourth-order valence-electron chi connectivity index (χ4n) is 3.96. The molecule has 0 spiro atoms. The molecule has 2 saturated carbocycles. The van der Waals surface area contributed by atoms with Crippen LogP contribution in [0.25, 0.3) is 0 Å².